The number of nitrogens with zero attached hydrogens (tertiary/aromatic N) is 3. The van der Waals surface area contributed by atoms with Crippen molar-refractivity contribution < 1.29 is 17.7 Å². The zero-order chi connectivity index (χ0) is 14.8. The molecule has 0 aliphatic carbocycles. The molecule has 1 fully saturated rings. The Bertz CT molecular complexity index is 544. The molecule has 2 heterocycles. The van der Waals surface area contributed by atoms with Gasteiger partial charge in [0.15, 0.2) is 5.82 Å². The van der Waals surface area contributed by atoms with Gasteiger partial charge in [-0.25, -0.2) is 13.1 Å². The summed E-state index contributed by atoms with van der Waals surface area (Å²) in [7, 11) is -3.15. The number of hydrogen-bond acceptors (Lipinski definition) is 7. The van der Waals surface area contributed by atoms with Crippen molar-refractivity contribution in [2.75, 3.05) is 32.4 Å². The van der Waals surface area contributed by atoms with E-state index in [2.05, 4.69) is 19.8 Å². The van der Waals surface area contributed by atoms with Crippen LogP contribution in [-0.2, 0) is 14.8 Å². The maximum absolute atomic E-state index is 11.0. The summed E-state index contributed by atoms with van der Waals surface area (Å²) in [5.41, 5.74) is 0. The highest BCUT2D eigenvalue weighted by molar-refractivity contribution is 7.88. The van der Waals surface area contributed by atoms with Crippen molar-refractivity contribution in [2.45, 2.75) is 26.1 Å². The molecule has 1 aromatic rings. The zero-order valence-electron chi connectivity index (χ0n) is 11.9. The van der Waals surface area contributed by atoms with Gasteiger partial charge in [-0.15, -0.1) is 0 Å². The van der Waals surface area contributed by atoms with Crippen LogP contribution in [0.15, 0.2) is 4.52 Å². The molecule has 0 spiro atoms. The smallest absolute Gasteiger partial charge is 0.257 e. The first kappa shape index (κ1) is 15.4. The fourth-order valence-corrected chi connectivity index (χ4v) is 2.65. The molecule has 0 bridgehead atoms. The molecule has 0 radical (unpaired) electrons. The fraction of sp³-hybridized carbons (Fsp3) is 0.818. The molecule has 9 heteroatoms. The van der Waals surface area contributed by atoms with Crippen LogP contribution in [0.5, 0.6) is 0 Å². The quantitative estimate of drug-likeness (QED) is 0.796. The molecule has 1 aromatic heterocycles. The number of ether oxygens (including phenoxy) is 1. The largest absolute Gasteiger partial charge is 0.363 e. The van der Waals surface area contributed by atoms with Crippen molar-refractivity contribution in [3.63, 3.8) is 0 Å². The topological polar surface area (TPSA) is 97.6 Å². The first-order valence-electron chi connectivity index (χ1n) is 6.46. The Balaban J connectivity index is 1.91. The summed E-state index contributed by atoms with van der Waals surface area (Å²) in [4.78, 5) is 6.30. The highest BCUT2D eigenvalue weighted by Crippen LogP contribution is 2.23. The molecule has 1 aliphatic heterocycles. The summed E-state index contributed by atoms with van der Waals surface area (Å²) < 4.78 is 35.5. The Morgan fingerprint density at radius 2 is 2.20 bits per heavy atom. The molecule has 20 heavy (non-hydrogen) atoms. The Morgan fingerprint density at radius 1 is 1.45 bits per heavy atom. The first-order valence-corrected chi connectivity index (χ1v) is 8.35. The van der Waals surface area contributed by atoms with E-state index in [1.807, 2.05) is 6.92 Å². The molecule has 2 atom stereocenters. The minimum atomic E-state index is -3.15. The van der Waals surface area contributed by atoms with E-state index in [4.69, 9.17) is 9.26 Å². The summed E-state index contributed by atoms with van der Waals surface area (Å²) in [6, 6.07) is 0. The zero-order valence-corrected chi connectivity index (χ0v) is 12.7. The normalized spacial score (nSPS) is 24.9. The van der Waals surface area contributed by atoms with Gasteiger partial charge in [0.05, 0.1) is 12.4 Å². The highest BCUT2D eigenvalue weighted by atomic mass is 32.2. The van der Waals surface area contributed by atoms with Gasteiger partial charge in [-0.3, -0.25) is 4.90 Å². The van der Waals surface area contributed by atoms with E-state index in [1.165, 1.54) is 0 Å². The third kappa shape index (κ3) is 4.51. The lowest BCUT2D eigenvalue weighted by molar-refractivity contribution is -0.0900. The third-order valence-corrected chi connectivity index (χ3v) is 3.68. The van der Waals surface area contributed by atoms with E-state index in [0.717, 1.165) is 12.8 Å². The minimum absolute atomic E-state index is 0.0270. The summed E-state index contributed by atoms with van der Waals surface area (Å²) in [6.07, 6.45) is 0.913. The summed E-state index contributed by atoms with van der Waals surface area (Å²) in [6.45, 7) is 6.07. The molecule has 0 saturated carbocycles. The second-order valence-corrected chi connectivity index (χ2v) is 6.87. The second-order valence-electron chi connectivity index (χ2n) is 5.04. The molecule has 114 valence electrons. The fourth-order valence-electron chi connectivity index (χ4n) is 2.19. The third-order valence-electron chi connectivity index (χ3n) is 2.95. The van der Waals surface area contributed by atoms with Gasteiger partial charge in [0, 0.05) is 26.2 Å². The van der Waals surface area contributed by atoms with Crippen LogP contribution in [0.2, 0.25) is 0 Å². The van der Waals surface area contributed by atoms with Crippen LogP contribution < -0.4 is 4.72 Å². The molecule has 0 aromatic carbocycles. The monoisotopic (exact) mass is 304 g/mol. The highest BCUT2D eigenvalue weighted by Gasteiger charge is 2.29. The van der Waals surface area contributed by atoms with Gasteiger partial charge in [0.25, 0.3) is 5.89 Å². The number of aromatic nitrogens is 2. The lowest BCUT2D eigenvalue weighted by Gasteiger charge is -2.35. The lowest BCUT2D eigenvalue weighted by atomic mass is 10.2. The number of aryl methyl sites for hydroxylation is 1. The Kier molecular flexibility index (Phi) is 4.74. The molecule has 1 aliphatic rings. The van der Waals surface area contributed by atoms with Gasteiger partial charge in [-0.2, -0.15) is 4.98 Å². The summed E-state index contributed by atoms with van der Waals surface area (Å²) in [5.74, 6) is 1.04. The van der Waals surface area contributed by atoms with Crippen molar-refractivity contribution in [1.29, 1.82) is 0 Å². The van der Waals surface area contributed by atoms with Gasteiger partial charge in [-0.05, 0) is 13.8 Å². The molecule has 8 nitrogen and oxygen atoms in total. The van der Waals surface area contributed by atoms with E-state index in [9.17, 15) is 8.42 Å². The maximum Gasteiger partial charge on any atom is 0.257 e. The first-order chi connectivity index (χ1) is 9.33. The number of hydrogen-bond donors (Lipinski definition) is 1. The summed E-state index contributed by atoms with van der Waals surface area (Å²) in [5, 5.41) is 3.76. The predicted molar refractivity (Wildman–Crippen MR) is 71.6 cm³/mol. The average molecular weight is 304 g/mol. The standard InChI is InChI=1S/C11H20N4O4S/c1-8-6-15(5-4-12-20(3,16)17)7-10(18-8)11-13-9(2)14-19-11/h8,10,12H,4-7H2,1-3H3/t8-,10-/m1/s1. The van der Waals surface area contributed by atoms with Crippen molar-refractivity contribution in [3.05, 3.63) is 11.7 Å². The summed E-state index contributed by atoms with van der Waals surface area (Å²) >= 11 is 0. The number of sulfonamides is 1. The van der Waals surface area contributed by atoms with Crippen LogP contribution in [0.4, 0.5) is 0 Å². The van der Waals surface area contributed by atoms with Crippen molar-refractivity contribution in [3.8, 4) is 0 Å². The van der Waals surface area contributed by atoms with Crippen molar-refractivity contribution in [2.24, 2.45) is 0 Å². The second kappa shape index (κ2) is 6.17. The van der Waals surface area contributed by atoms with Crippen LogP contribution >= 0.6 is 0 Å². The molecular weight excluding hydrogens is 284 g/mol. The molecular formula is C11H20N4O4S. The van der Waals surface area contributed by atoms with E-state index in [-0.39, 0.29) is 12.2 Å². The Hall–Kier alpha value is -1.03. The minimum Gasteiger partial charge on any atom is -0.363 e. The van der Waals surface area contributed by atoms with Gasteiger partial charge < -0.3 is 9.26 Å². The molecule has 2 rings (SSSR count). The average Bonchev–Trinajstić information content (AvgIpc) is 2.73. The number of rotatable bonds is 5. The molecule has 0 amide bonds. The van der Waals surface area contributed by atoms with Crippen LogP contribution in [0.1, 0.15) is 24.7 Å². The molecule has 1 saturated heterocycles. The lowest BCUT2D eigenvalue weighted by Crippen LogP contribution is -2.45. The molecule has 1 N–H and O–H groups in total. The van der Waals surface area contributed by atoms with Gasteiger partial charge in [-0.1, -0.05) is 5.16 Å². The van der Waals surface area contributed by atoms with Crippen LogP contribution in [0.3, 0.4) is 0 Å². The SMILES string of the molecule is Cc1noc([C@H]2CN(CCNS(C)(=O)=O)C[C@@H](C)O2)n1. The Morgan fingerprint density at radius 3 is 2.80 bits per heavy atom. The van der Waals surface area contributed by atoms with Crippen LogP contribution in [0.25, 0.3) is 0 Å². The van der Waals surface area contributed by atoms with Crippen molar-refractivity contribution >= 4 is 10.0 Å². The van der Waals surface area contributed by atoms with Crippen LogP contribution in [-0.4, -0.2) is 62.0 Å². The van der Waals surface area contributed by atoms with E-state index in [1.54, 1.807) is 6.92 Å². The van der Waals surface area contributed by atoms with Crippen LogP contribution in [0, 0.1) is 6.92 Å². The van der Waals surface area contributed by atoms with E-state index < -0.39 is 10.0 Å². The van der Waals surface area contributed by atoms with Gasteiger partial charge >= 0.3 is 0 Å². The number of nitrogens with one attached hydrogen (secondary N) is 1. The van der Waals surface area contributed by atoms with Gasteiger partial charge in [0.2, 0.25) is 10.0 Å². The predicted octanol–water partition coefficient (Wildman–Crippen LogP) is -0.311. The Labute approximate surface area is 118 Å². The number of morpholine rings is 1. The van der Waals surface area contributed by atoms with E-state index in [0.29, 0.717) is 31.3 Å². The van der Waals surface area contributed by atoms with E-state index >= 15 is 0 Å². The molecule has 0 unspecified atom stereocenters. The van der Waals surface area contributed by atoms with Gasteiger partial charge in [0.1, 0.15) is 6.10 Å². The maximum atomic E-state index is 11.0. The van der Waals surface area contributed by atoms with Crippen molar-refractivity contribution in [1.82, 2.24) is 19.8 Å².